The van der Waals surface area contributed by atoms with Crippen LogP contribution in [-0.2, 0) is 6.42 Å². The van der Waals surface area contributed by atoms with Crippen molar-refractivity contribution in [3.05, 3.63) is 54.0 Å². The first-order valence-electron chi connectivity index (χ1n) is 10.3. The number of anilines is 1. The predicted molar refractivity (Wildman–Crippen MR) is 121 cm³/mol. The first kappa shape index (κ1) is 19.7. The van der Waals surface area contributed by atoms with E-state index in [2.05, 4.69) is 33.4 Å². The highest BCUT2D eigenvalue weighted by Gasteiger charge is 2.08. The molecule has 5 rings (SSSR count). The fraction of sp³-hybridized carbons (Fsp3) is 0.391. The molecule has 0 aliphatic heterocycles. The minimum absolute atomic E-state index is 0.603. The van der Waals surface area contributed by atoms with Gasteiger partial charge in [0.2, 0.25) is 0 Å². The third-order valence-electron chi connectivity index (χ3n) is 5.54. The molecule has 6 heteroatoms. The Morgan fingerprint density at radius 1 is 1.17 bits per heavy atom. The van der Waals surface area contributed by atoms with E-state index in [-0.39, 0.29) is 0 Å². The summed E-state index contributed by atoms with van der Waals surface area (Å²) in [7, 11) is 1.67. The highest BCUT2D eigenvalue weighted by atomic mass is 32.1. The van der Waals surface area contributed by atoms with Crippen LogP contribution in [0.5, 0.6) is 5.75 Å². The Labute approximate surface area is 175 Å². The van der Waals surface area contributed by atoms with Crippen molar-refractivity contribution in [1.29, 1.82) is 0 Å². The zero-order valence-electron chi connectivity index (χ0n) is 17.1. The van der Waals surface area contributed by atoms with Gasteiger partial charge in [0.15, 0.2) is 5.13 Å². The summed E-state index contributed by atoms with van der Waals surface area (Å²) in [5.41, 5.74) is 9.95. The van der Waals surface area contributed by atoms with Gasteiger partial charge < -0.3 is 14.9 Å². The number of ether oxygens (including phenoxy) is 1. The van der Waals surface area contributed by atoms with Crippen molar-refractivity contribution in [2.45, 2.75) is 45.4 Å². The maximum absolute atomic E-state index is 5.76. The smallest absolute Gasteiger partial charge is 0.181 e. The van der Waals surface area contributed by atoms with Crippen LogP contribution >= 0.6 is 11.3 Å². The molecule has 5 nitrogen and oxygen atoms in total. The van der Waals surface area contributed by atoms with E-state index < -0.39 is 0 Å². The van der Waals surface area contributed by atoms with Crippen molar-refractivity contribution in [2.24, 2.45) is 5.92 Å². The maximum atomic E-state index is 5.76. The number of benzene rings is 1. The van der Waals surface area contributed by atoms with Crippen molar-refractivity contribution in [1.82, 2.24) is 14.4 Å². The minimum Gasteiger partial charge on any atom is -0.495 e. The molecule has 0 atom stereocenters. The Morgan fingerprint density at radius 2 is 2.00 bits per heavy atom. The van der Waals surface area contributed by atoms with Crippen LogP contribution in [0, 0.1) is 5.92 Å². The number of imidazole rings is 1. The molecule has 1 fully saturated rings. The number of nitrogens with two attached hydrogens (primary N) is 1. The molecular formula is C23H28N4OS. The summed E-state index contributed by atoms with van der Waals surface area (Å²) in [5, 5.41) is 0.603. The first-order chi connectivity index (χ1) is 14.1. The summed E-state index contributed by atoms with van der Waals surface area (Å²) < 4.78 is 8.46. The quantitative estimate of drug-likeness (QED) is 0.471. The SMILES string of the molecule is CC1CCCCC1.COc1ccc2ncc(Cc3ccc4nc(N)sc4c3)n2c1. The average Bonchev–Trinajstić information content (AvgIpc) is 3.30. The summed E-state index contributed by atoms with van der Waals surface area (Å²) in [6.45, 7) is 2.36. The molecule has 0 saturated heterocycles. The predicted octanol–water partition coefficient (Wildman–Crippen LogP) is 5.71. The van der Waals surface area contributed by atoms with E-state index in [1.54, 1.807) is 7.11 Å². The Balaban J connectivity index is 0.000000249. The molecule has 0 spiro atoms. The van der Waals surface area contributed by atoms with E-state index >= 15 is 0 Å². The number of thiazole rings is 1. The van der Waals surface area contributed by atoms with Gasteiger partial charge in [-0.1, -0.05) is 56.4 Å². The lowest BCUT2D eigenvalue weighted by Gasteiger charge is -2.15. The number of pyridine rings is 1. The second-order valence-electron chi connectivity index (χ2n) is 7.82. The van der Waals surface area contributed by atoms with Gasteiger partial charge in [0, 0.05) is 18.3 Å². The van der Waals surface area contributed by atoms with Gasteiger partial charge in [0.1, 0.15) is 11.4 Å². The third-order valence-corrected chi connectivity index (χ3v) is 6.39. The molecule has 2 N–H and O–H groups in total. The molecular weight excluding hydrogens is 380 g/mol. The molecule has 0 unspecified atom stereocenters. The second kappa shape index (κ2) is 8.82. The second-order valence-corrected chi connectivity index (χ2v) is 8.88. The molecule has 0 bridgehead atoms. The van der Waals surface area contributed by atoms with Gasteiger partial charge in [-0.25, -0.2) is 9.97 Å². The van der Waals surface area contributed by atoms with E-state index in [1.807, 2.05) is 30.6 Å². The summed E-state index contributed by atoms with van der Waals surface area (Å²) >= 11 is 1.51. The number of rotatable bonds is 3. The number of methoxy groups -OCH3 is 1. The van der Waals surface area contributed by atoms with E-state index in [0.717, 1.165) is 39.6 Å². The lowest BCUT2D eigenvalue weighted by Crippen LogP contribution is -1.99. The van der Waals surface area contributed by atoms with Crippen LogP contribution in [0.4, 0.5) is 5.13 Å². The van der Waals surface area contributed by atoms with Gasteiger partial charge in [-0.3, -0.25) is 0 Å². The number of hydrogen-bond acceptors (Lipinski definition) is 5. The van der Waals surface area contributed by atoms with Gasteiger partial charge in [-0.2, -0.15) is 0 Å². The van der Waals surface area contributed by atoms with Crippen LogP contribution in [0.25, 0.3) is 15.9 Å². The zero-order valence-corrected chi connectivity index (χ0v) is 17.9. The van der Waals surface area contributed by atoms with E-state index in [0.29, 0.717) is 5.13 Å². The summed E-state index contributed by atoms with van der Waals surface area (Å²) in [5.74, 6) is 1.85. The van der Waals surface area contributed by atoms with Crippen LogP contribution < -0.4 is 10.5 Å². The molecule has 29 heavy (non-hydrogen) atoms. The normalized spacial score (nSPS) is 14.7. The Morgan fingerprint density at radius 3 is 2.72 bits per heavy atom. The summed E-state index contributed by atoms with van der Waals surface area (Å²) in [6.07, 6.45) is 12.1. The monoisotopic (exact) mass is 408 g/mol. The van der Waals surface area contributed by atoms with Gasteiger partial charge in [-0.15, -0.1) is 0 Å². The lowest BCUT2D eigenvalue weighted by molar-refractivity contribution is 0.385. The van der Waals surface area contributed by atoms with Gasteiger partial charge in [0.25, 0.3) is 0 Å². The summed E-state index contributed by atoms with van der Waals surface area (Å²) in [4.78, 5) is 8.72. The molecule has 0 radical (unpaired) electrons. The highest BCUT2D eigenvalue weighted by molar-refractivity contribution is 7.22. The molecule has 152 valence electrons. The molecule has 3 aromatic heterocycles. The Kier molecular flexibility index (Phi) is 6.00. The zero-order chi connectivity index (χ0) is 20.2. The largest absolute Gasteiger partial charge is 0.495 e. The Bertz CT molecular complexity index is 1090. The van der Waals surface area contributed by atoms with Crippen molar-refractivity contribution >= 4 is 32.3 Å². The molecule has 1 aromatic carbocycles. The number of nitrogens with zero attached hydrogens (tertiary/aromatic N) is 3. The standard InChI is InChI=1S/C16H14N4OS.C7H14/c1-21-12-3-5-15-18-8-11(20(15)9-12)6-10-2-4-13-14(7-10)22-16(17)19-13;1-7-5-3-2-4-6-7/h2-5,7-9H,6H2,1H3,(H2,17,19);7H,2-6H2,1H3. The van der Waals surface area contributed by atoms with Gasteiger partial charge >= 0.3 is 0 Å². The molecule has 1 saturated carbocycles. The minimum atomic E-state index is 0.603. The molecule has 1 aliphatic rings. The van der Waals surface area contributed by atoms with Crippen LogP contribution in [0.2, 0.25) is 0 Å². The molecule has 1 aliphatic carbocycles. The van der Waals surface area contributed by atoms with Crippen LogP contribution in [0.1, 0.15) is 50.3 Å². The lowest BCUT2D eigenvalue weighted by atomic mass is 9.91. The van der Waals surface area contributed by atoms with E-state index in [1.165, 1.54) is 49.0 Å². The number of hydrogen-bond donors (Lipinski definition) is 1. The molecule has 0 amide bonds. The van der Waals surface area contributed by atoms with Crippen LogP contribution in [0.3, 0.4) is 0 Å². The van der Waals surface area contributed by atoms with Gasteiger partial charge in [0.05, 0.1) is 23.5 Å². The van der Waals surface area contributed by atoms with Crippen molar-refractivity contribution in [3.8, 4) is 5.75 Å². The number of aromatic nitrogens is 3. The van der Waals surface area contributed by atoms with Crippen molar-refractivity contribution in [2.75, 3.05) is 12.8 Å². The Hall–Kier alpha value is -2.60. The highest BCUT2D eigenvalue weighted by Crippen LogP contribution is 2.26. The fourth-order valence-electron chi connectivity index (χ4n) is 3.88. The van der Waals surface area contributed by atoms with E-state index in [9.17, 15) is 0 Å². The molecule has 4 aromatic rings. The molecule has 3 heterocycles. The summed E-state index contributed by atoms with van der Waals surface area (Å²) in [6, 6.07) is 10.1. The average molecular weight is 409 g/mol. The maximum Gasteiger partial charge on any atom is 0.181 e. The van der Waals surface area contributed by atoms with Crippen molar-refractivity contribution < 1.29 is 4.74 Å². The first-order valence-corrected chi connectivity index (χ1v) is 11.1. The van der Waals surface area contributed by atoms with Crippen LogP contribution in [-0.4, -0.2) is 21.5 Å². The number of nitrogen functional groups attached to an aromatic ring is 1. The fourth-order valence-corrected chi connectivity index (χ4v) is 4.67. The third kappa shape index (κ3) is 4.70. The van der Waals surface area contributed by atoms with Crippen molar-refractivity contribution in [3.63, 3.8) is 0 Å². The van der Waals surface area contributed by atoms with E-state index in [4.69, 9.17) is 10.5 Å². The van der Waals surface area contributed by atoms with Crippen LogP contribution in [0.15, 0.2) is 42.7 Å². The topological polar surface area (TPSA) is 65.4 Å². The van der Waals surface area contributed by atoms with Gasteiger partial charge in [-0.05, 0) is 35.7 Å². The number of fused-ring (bicyclic) bond motifs is 2.